The molecule has 1 N–H and O–H groups in total. The van der Waals surface area contributed by atoms with Gasteiger partial charge in [0.1, 0.15) is 16.7 Å². The van der Waals surface area contributed by atoms with Crippen LogP contribution < -0.4 is 5.32 Å². The fraction of sp³-hybridized carbons (Fsp3) is 0.133. The highest BCUT2D eigenvalue weighted by Gasteiger charge is 2.20. The molecule has 0 saturated heterocycles. The number of nitrogens with zero attached hydrogens (tertiary/aromatic N) is 3. The lowest BCUT2D eigenvalue weighted by atomic mass is 10.1. The second-order valence-electron chi connectivity index (χ2n) is 4.47. The van der Waals surface area contributed by atoms with Crippen molar-refractivity contribution >= 4 is 40.4 Å². The van der Waals surface area contributed by atoms with Crippen LogP contribution in [0.5, 0.6) is 0 Å². The Morgan fingerprint density at radius 3 is 2.71 bits per heavy atom. The van der Waals surface area contributed by atoms with E-state index in [0.717, 1.165) is 17.1 Å². The molecule has 0 atom stereocenters. The van der Waals surface area contributed by atoms with Gasteiger partial charge >= 0.3 is 0 Å². The van der Waals surface area contributed by atoms with Gasteiger partial charge in [-0.1, -0.05) is 41.4 Å². The number of benzene rings is 1. The van der Waals surface area contributed by atoms with Gasteiger partial charge in [-0.15, -0.1) is 0 Å². The van der Waals surface area contributed by atoms with Gasteiger partial charge < -0.3 is 5.32 Å². The van der Waals surface area contributed by atoms with Gasteiger partial charge in [-0.3, -0.25) is 9.98 Å². The molecule has 1 aromatic heterocycles. The molecule has 0 bridgehead atoms. The van der Waals surface area contributed by atoms with Gasteiger partial charge in [-0.25, -0.2) is 4.98 Å². The molecule has 1 aromatic carbocycles. The number of pyridine rings is 1. The summed E-state index contributed by atoms with van der Waals surface area (Å²) in [7, 11) is 1.72. The number of amidine groups is 1. The van der Waals surface area contributed by atoms with E-state index in [9.17, 15) is 0 Å². The van der Waals surface area contributed by atoms with Crippen LogP contribution in [0.3, 0.4) is 0 Å². The van der Waals surface area contributed by atoms with Crippen molar-refractivity contribution in [1.82, 2.24) is 4.98 Å². The van der Waals surface area contributed by atoms with Crippen molar-refractivity contribution in [3.8, 4) is 0 Å². The lowest BCUT2D eigenvalue weighted by molar-refractivity contribution is 1.25. The Balaban J connectivity index is 2.23. The molecule has 0 aliphatic carbocycles. The molecule has 1 aliphatic rings. The number of fused-ring (bicyclic) bond motifs is 1. The van der Waals surface area contributed by atoms with E-state index >= 15 is 0 Å². The number of hydrogen-bond acceptors (Lipinski definition) is 3. The first-order chi connectivity index (χ1) is 10.2. The van der Waals surface area contributed by atoms with Crippen molar-refractivity contribution in [1.29, 1.82) is 0 Å². The van der Waals surface area contributed by atoms with E-state index in [1.54, 1.807) is 13.1 Å². The minimum atomic E-state index is 0.409. The molecule has 2 aromatic rings. The van der Waals surface area contributed by atoms with Crippen LogP contribution in [-0.4, -0.2) is 30.1 Å². The second-order valence-corrected chi connectivity index (χ2v) is 5.26. The minimum absolute atomic E-state index is 0.409. The molecule has 6 heteroatoms. The van der Waals surface area contributed by atoms with Crippen LogP contribution in [0.15, 0.2) is 46.4 Å². The average molecular weight is 319 g/mol. The van der Waals surface area contributed by atoms with Crippen LogP contribution in [0.2, 0.25) is 10.2 Å². The third kappa shape index (κ3) is 2.77. The Hall–Kier alpha value is -1.91. The summed E-state index contributed by atoms with van der Waals surface area (Å²) in [6, 6.07) is 11.1. The highest BCUT2D eigenvalue weighted by Crippen LogP contribution is 2.26. The highest BCUT2D eigenvalue weighted by atomic mass is 35.5. The second kappa shape index (κ2) is 5.84. The molecule has 0 amide bonds. The van der Waals surface area contributed by atoms with Crippen LogP contribution in [0.4, 0.5) is 5.69 Å². The Morgan fingerprint density at radius 2 is 1.95 bits per heavy atom. The fourth-order valence-corrected chi connectivity index (χ4v) is 2.51. The van der Waals surface area contributed by atoms with Crippen molar-refractivity contribution in [2.24, 2.45) is 9.98 Å². The van der Waals surface area contributed by atoms with Gasteiger partial charge in [-0.05, 0) is 18.2 Å². The summed E-state index contributed by atoms with van der Waals surface area (Å²) in [5.74, 6) is 0.766. The predicted molar refractivity (Wildman–Crippen MR) is 88.2 cm³/mol. The van der Waals surface area contributed by atoms with Crippen LogP contribution in [-0.2, 0) is 0 Å². The van der Waals surface area contributed by atoms with Crippen LogP contribution in [0, 0.1) is 0 Å². The molecule has 1 aliphatic heterocycles. The van der Waals surface area contributed by atoms with Gasteiger partial charge in [0.25, 0.3) is 0 Å². The maximum atomic E-state index is 6.30. The topological polar surface area (TPSA) is 49.6 Å². The summed E-state index contributed by atoms with van der Waals surface area (Å²) in [5.41, 5.74) is 3.03. The molecule has 0 spiro atoms. The first-order valence-corrected chi connectivity index (χ1v) is 7.13. The summed E-state index contributed by atoms with van der Waals surface area (Å²) >= 11 is 12.3. The van der Waals surface area contributed by atoms with Gasteiger partial charge in [-0.2, -0.15) is 0 Å². The summed E-state index contributed by atoms with van der Waals surface area (Å²) in [6.07, 6.45) is 0. The largest absolute Gasteiger partial charge is 0.341 e. The maximum Gasteiger partial charge on any atom is 0.130 e. The smallest absolute Gasteiger partial charge is 0.130 e. The van der Waals surface area contributed by atoms with Gasteiger partial charge in [0, 0.05) is 12.6 Å². The molecule has 4 nitrogen and oxygen atoms in total. The highest BCUT2D eigenvalue weighted by molar-refractivity contribution is 6.36. The summed E-state index contributed by atoms with van der Waals surface area (Å²) in [4.78, 5) is 13.2. The number of hydrogen-bond donors (Lipinski definition) is 1. The molecular weight excluding hydrogens is 307 g/mol. The van der Waals surface area contributed by atoms with Crippen molar-refractivity contribution in [2.75, 3.05) is 18.9 Å². The van der Waals surface area contributed by atoms with E-state index in [4.69, 9.17) is 23.2 Å². The minimum Gasteiger partial charge on any atom is -0.341 e. The molecule has 0 fully saturated rings. The molecular formula is C15H12Cl2N4. The van der Waals surface area contributed by atoms with Crippen molar-refractivity contribution in [3.63, 3.8) is 0 Å². The maximum absolute atomic E-state index is 6.30. The Bertz CT molecular complexity index is 753. The Labute approximate surface area is 132 Å². The zero-order chi connectivity index (χ0) is 14.8. The number of anilines is 1. The Morgan fingerprint density at radius 1 is 1.14 bits per heavy atom. The number of nitrogens with one attached hydrogen (secondary N) is 1. The summed E-state index contributed by atoms with van der Waals surface area (Å²) in [5, 5.41) is 4.26. The standard InChI is InChI=1S/C15H12Cl2N4/c1-18-13-8-19-14(9-4-2-3-5-10(9)16)15-11(20-13)6-7-12(17)21-15/h2-7H,8H2,1H3,(H,18,20). The Kier molecular flexibility index (Phi) is 3.90. The number of aromatic nitrogens is 1. The molecule has 0 radical (unpaired) electrons. The zero-order valence-corrected chi connectivity index (χ0v) is 12.8. The lowest BCUT2D eigenvalue weighted by Gasteiger charge is -2.10. The first-order valence-electron chi connectivity index (χ1n) is 6.38. The van der Waals surface area contributed by atoms with Crippen molar-refractivity contribution < 1.29 is 0 Å². The molecule has 0 saturated carbocycles. The van der Waals surface area contributed by atoms with Gasteiger partial charge in [0.15, 0.2) is 0 Å². The average Bonchev–Trinajstić information content (AvgIpc) is 2.67. The number of rotatable bonds is 1. The normalized spacial score (nSPS) is 16.0. The lowest BCUT2D eigenvalue weighted by Crippen LogP contribution is -2.14. The van der Waals surface area contributed by atoms with Crippen molar-refractivity contribution in [3.05, 3.63) is 57.8 Å². The van der Waals surface area contributed by atoms with E-state index < -0.39 is 0 Å². The summed E-state index contributed by atoms with van der Waals surface area (Å²) < 4.78 is 0. The zero-order valence-electron chi connectivity index (χ0n) is 11.3. The SMILES string of the molecule is CN=C1CN=C(c2ccccc2Cl)c2nc(Cl)ccc2N1. The predicted octanol–water partition coefficient (Wildman–Crippen LogP) is 3.68. The molecule has 0 unspecified atom stereocenters. The number of aliphatic imine (C=N–C) groups is 2. The first kappa shape index (κ1) is 14.0. The third-order valence-corrected chi connectivity index (χ3v) is 3.69. The monoisotopic (exact) mass is 318 g/mol. The van der Waals surface area contributed by atoms with E-state index in [2.05, 4.69) is 20.3 Å². The quantitative estimate of drug-likeness (QED) is 0.815. The van der Waals surface area contributed by atoms with Crippen molar-refractivity contribution in [2.45, 2.75) is 0 Å². The molecule has 21 heavy (non-hydrogen) atoms. The molecule has 3 rings (SSSR count). The van der Waals surface area contributed by atoms with Gasteiger partial charge in [0.2, 0.25) is 0 Å². The molecule has 2 heterocycles. The van der Waals surface area contributed by atoms with Crippen LogP contribution in [0.1, 0.15) is 11.3 Å². The molecule has 106 valence electrons. The van der Waals surface area contributed by atoms with E-state index in [-0.39, 0.29) is 0 Å². The van der Waals surface area contributed by atoms with Gasteiger partial charge in [0.05, 0.1) is 23.0 Å². The summed E-state index contributed by atoms with van der Waals surface area (Å²) in [6.45, 7) is 0.436. The van der Waals surface area contributed by atoms with Crippen LogP contribution >= 0.6 is 23.2 Å². The van der Waals surface area contributed by atoms with E-state index in [1.165, 1.54) is 0 Å². The number of halogens is 2. The van der Waals surface area contributed by atoms with E-state index in [1.807, 2.05) is 30.3 Å². The van der Waals surface area contributed by atoms with E-state index in [0.29, 0.717) is 28.1 Å². The third-order valence-electron chi connectivity index (χ3n) is 3.15. The van der Waals surface area contributed by atoms with Crippen LogP contribution in [0.25, 0.3) is 0 Å². The fourth-order valence-electron chi connectivity index (χ4n) is 2.13.